The lowest BCUT2D eigenvalue weighted by atomic mass is 10.1. The second kappa shape index (κ2) is 2.92. The largest absolute Gasteiger partial charge is 0.387 e. The summed E-state index contributed by atoms with van der Waals surface area (Å²) in [6.45, 7) is 1.86. The van der Waals surface area contributed by atoms with Crippen LogP contribution < -0.4 is 0 Å². The Morgan fingerprint density at radius 1 is 1.31 bits per heavy atom. The smallest absolute Gasteiger partial charge is 0.196 e. The van der Waals surface area contributed by atoms with Crippen LogP contribution in [0.4, 0.5) is 0 Å². The van der Waals surface area contributed by atoms with Crippen LogP contribution in [0.3, 0.4) is 0 Å². The number of para-hydroxylation sites is 1. The molecule has 13 heavy (non-hydrogen) atoms. The van der Waals surface area contributed by atoms with Gasteiger partial charge in [0.25, 0.3) is 0 Å². The second-order valence-electron chi connectivity index (χ2n) is 2.95. The van der Waals surface area contributed by atoms with Gasteiger partial charge in [0, 0.05) is 18.4 Å². The molecule has 1 aromatic carbocycles. The zero-order valence-corrected chi connectivity index (χ0v) is 7.24. The second-order valence-corrected chi connectivity index (χ2v) is 2.95. The van der Waals surface area contributed by atoms with Crippen molar-refractivity contribution in [2.75, 3.05) is 0 Å². The predicted octanol–water partition coefficient (Wildman–Crippen LogP) is 2.00. The van der Waals surface area contributed by atoms with Crippen LogP contribution in [-0.2, 0) is 4.79 Å². The van der Waals surface area contributed by atoms with Crippen LogP contribution in [0.5, 0.6) is 0 Å². The van der Waals surface area contributed by atoms with Crippen molar-refractivity contribution in [2.24, 2.45) is 0 Å². The first kappa shape index (κ1) is 7.84. The number of carbonyl (C=O) groups excluding carboxylic acids is 1. The van der Waals surface area contributed by atoms with Gasteiger partial charge in [-0.25, -0.2) is 0 Å². The molecule has 0 spiro atoms. The van der Waals surface area contributed by atoms with Crippen molar-refractivity contribution in [3.05, 3.63) is 41.6 Å². The summed E-state index contributed by atoms with van der Waals surface area (Å²) in [5.41, 5.74) is 2.11. The highest BCUT2D eigenvalue weighted by atomic mass is 16.1. The molecule has 0 atom stereocenters. The quantitative estimate of drug-likeness (QED) is 0.613. The molecule has 2 heteroatoms. The van der Waals surface area contributed by atoms with E-state index in [1.54, 1.807) is 0 Å². The molecule has 0 radical (unpaired) electrons. The molecule has 0 aliphatic carbocycles. The predicted molar refractivity (Wildman–Crippen MR) is 51.3 cm³/mol. The summed E-state index contributed by atoms with van der Waals surface area (Å²) in [6.07, 6.45) is 1.83. The number of aromatic nitrogens is 1. The first-order valence-electron chi connectivity index (χ1n) is 4.06. The fraction of sp³-hybridized carbons (Fsp3) is 0.0909. The first-order chi connectivity index (χ1) is 6.31. The maximum atomic E-state index is 10.5. The number of hydrogen-bond donors (Lipinski definition) is 0. The minimum absolute atomic E-state index is 0.402. The standard InChI is InChI=1S/C11H8NO/c1-8-6-9-4-2-3-5-10(9)12-11(8)7-13/h2-6H,1H3/q+1. The average molecular weight is 170 g/mol. The topological polar surface area (TPSA) is 30.0 Å². The van der Waals surface area contributed by atoms with Gasteiger partial charge in [-0.05, 0) is 6.07 Å². The Balaban J connectivity index is 2.81. The number of fused-ring (bicyclic) bond motifs is 1. The van der Waals surface area contributed by atoms with Crippen LogP contribution in [0, 0.1) is 6.92 Å². The molecule has 62 valence electrons. The lowest BCUT2D eigenvalue weighted by Gasteiger charge is -1.93. The number of hydrogen-bond acceptors (Lipinski definition) is 2. The Morgan fingerprint density at radius 3 is 2.85 bits per heavy atom. The van der Waals surface area contributed by atoms with Crippen molar-refractivity contribution in [2.45, 2.75) is 6.92 Å². The molecule has 0 N–H and O–H groups in total. The molecule has 0 aliphatic heterocycles. The Labute approximate surface area is 76.2 Å². The maximum Gasteiger partial charge on any atom is 0.387 e. The summed E-state index contributed by atoms with van der Waals surface area (Å²) in [7, 11) is 0. The van der Waals surface area contributed by atoms with E-state index >= 15 is 0 Å². The summed E-state index contributed by atoms with van der Waals surface area (Å²) in [5.74, 6) is 0. The van der Waals surface area contributed by atoms with Crippen molar-refractivity contribution >= 4 is 17.2 Å². The molecule has 0 amide bonds. The summed E-state index contributed by atoms with van der Waals surface area (Å²) in [4.78, 5) is 14.7. The summed E-state index contributed by atoms with van der Waals surface area (Å²) in [5, 5.41) is 1.05. The van der Waals surface area contributed by atoms with Gasteiger partial charge in [0.15, 0.2) is 0 Å². The fourth-order valence-corrected chi connectivity index (χ4v) is 1.32. The van der Waals surface area contributed by atoms with Gasteiger partial charge in [-0.15, -0.1) is 0 Å². The zero-order valence-electron chi connectivity index (χ0n) is 7.24. The van der Waals surface area contributed by atoms with Gasteiger partial charge in [-0.1, -0.05) is 23.0 Å². The van der Waals surface area contributed by atoms with E-state index in [-0.39, 0.29) is 0 Å². The van der Waals surface area contributed by atoms with Gasteiger partial charge in [-0.2, -0.15) is 4.98 Å². The first-order valence-corrected chi connectivity index (χ1v) is 4.06. The monoisotopic (exact) mass is 170 g/mol. The van der Waals surface area contributed by atoms with Crippen molar-refractivity contribution in [3.8, 4) is 0 Å². The Morgan fingerprint density at radius 2 is 2.08 bits per heavy atom. The highest BCUT2D eigenvalue weighted by molar-refractivity contribution is 5.85. The number of rotatable bonds is 1. The molecule has 0 saturated heterocycles. The minimum Gasteiger partial charge on any atom is -0.196 e. The zero-order chi connectivity index (χ0) is 9.26. The third kappa shape index (κ3) is 1.28. The normalized spacial score (nSPS) is 9.92. The Hall–Kier alpha value is -1.79. The van der Waals surface area contributed by atoms with E-state index in [1.807, 2.05) is 43.5 Å². The highest BCUT2D eigenvalue weighted by Crippen LogP contribution is 2.14. The molecular formula is C11H8NO+. The summed E-state index contributed by atoms with van der Waals surface area (Å²) in [6, 6.07) is 9.66. The number of pyridine rings is 1. The van der Waals surface area contributed by atoms with Crippen LogP contribution >= 0.6 is 0 Å². The Kier molecular flexibility index (Phi) is 1.76. The molecule has 2 aromatic rings. The molecular weight excluding hydrogens is 162 g/mol. The fourth-order valence-electron chi connectivity index (χ4n) is 1.32. The van der Waals surface area contributed by atoms with E-state index in [4.69, 9.17) is 0 Å². The Bertz CT molecular complexity index is 463. The lowest BCUT2D eigenvalue weighted by Crippen LogP contribution is -1.92. The van der Waals surface area contributed by atoms with E-state index in [1.165, 1.54) is 0 Å². The van der Waals surface area contributed by atoms with Gasteiger partial charge in [0.2, 0.25) is 0 Å². The third-order valence-corrected chi connectivity index (χ3v) is 2.01. The molecule has 2 nitrogen and oxygen atoms in total. The van der Waals surface area contributed by atoms with Gasteiger partial charge in [-0.3, -0.25) is 0 Å². The van der Waals surface area contributed by atoms with Gasteiger partial charge < -0.3 is 0 Å². The van der Waals surface area contributed by atoms with Crippen molar-refractivity contribution in [1.29, 1.82) is 0 Å². The van der Waals surface area contributed by atoms with Crippen molar-refractivity contribution in [1.82, 2.24) is 4.98 Å². The van der Waals surface area contributed by atoms with Crippen LogP contribution in [0.1, 0.15) is 11.3 Å². The number of aryl methyl sites for hydroxylation is 1. The molecule has 2 rings (SSSR count). The van der Waals surface area contributed by atoms with Crippen molar-refractivity contribution < 1.29 is 4.79 Å². The van der Waals surface area contributed by atoms with Crippen LogP contribution in [-0.4, -0.2) is 11.3 Å². The van der Waals surface area contributed by atoms with E-state index < -0.39 is 0 Å². The van der Waals surface area contributed by atoms with Gasteiger partial charge >= 0.3 is 12.0 Å². The maximum absolute atomic E-state index is 10.5. The van der Waals surface area contributed by atoms with Gasteiger partial charge in [0.05, 0.1) is 5.52 Å². The van der Waals surface area contributed by atoms with Crippen molar-refractivity contribution in [3.63, 3.8) is 0 Å². The molecule has 1 aromatic heterocycles. The molecule has 0 saturated carbocycles. The molecule has 0 unspecified atom stereocenters. The van der Waals surface area contributed by atoms with Gasteiger partial charge in [0.1, 0.15) is 5.56 Å². The van der Waals surface area contributed by atoms with E-state index in [0.29, 0.717) is 5.69 Å². The molecule has 0 bridgehead atoms. The highest BCUT2D eigenvalue weighted by Gasteiger charge is 2.12. The average Bonchev–Trinajstić information content (AvgIpc) is 2.17. The SMILES string of the molecule is Cc1cc2ccccc2nc1[C+]=O. The van der Waals surface area contributed by atoms with E-state index in [2.05, 4.69) is 4.98 Å². The lowest BCUT2D eigenvalue weighted by molar-refractivity contribution is 0.561. The number of benzene rings is 1. The summed E-state index contributed by atoms with van der Waals surface area (Å²) < 4.78 is 0. The third-order valence-electron chi connectivity index (χ3n) is 2.01. The molecule has 0 aliphatic rings. The molecule has 1 heterocycles. The van der Waals surface area contributed by atoms with Crippen LogP contribution in [0.2, 0.25) is 0 Å². The minimum atomic E-state index is 0.402. The van der Waals surface area contributed by atoms with E-state index in [9.17, 15) is 4.79 Å². The van der Waals surface area contributed by atoms with E-state index in [0.717, 1.165) is 16.5 Å². The number of nitrogens with zero attached hydrogens (tertiary/aromatic N) is 1. The van der Waals surface area contributed by atoms with Crippen LogP contribution in [0.15, 0.2) is 30.3 Å². The summed E-state index contributed by atoms with van der Waals surface area (Å²) >= 11 is 0. The molecule has 0 fully saturated rings. The van der Waals surface area contributed by atoms with Crippen LogP contribution in [0.25, 0.3) is 10.9 Å².